The zero-order valence-electron chi connectivity index (χ0n) is 11.6. The van der Waals surface area contributed by atoms with Gasteiger partial charge in [-0.05, 0) is 17.7 Å². The number of nitrogens with one attached hydrogen (secondary N) is 1. The lowest BCUT2D eigenvalue weighted by molar-refractivity contribution is -0.124. The van der Waals surface area contributed by atoms with Gasteiger partial charge in [-0.2, -0.15) is 0 Å². The van der Waals surface area contributed by atoms with E-state index < -0.39 is 0 Å². The van der Waals surface area contributed by atoms with Gasteiger partial charge in [0.05, 0.1) is 0 Å². The minimum Gasteiger partial charge on any atom is -0.352 e. The zero-order chi connectivity index (χ0) is 14.4. The van der Waals surface area contributed by atoms with Crippen molar-refractivity contribution in [2.24, 2.45) is 11.7 Å². The fourth-order valence-electron chi connectivity index (χ4n) is 1.49. The summed E-state index contributed by atoms with van der Waals surface area (Å²) < 4.78 is 0. The Balaban J connectivity index is 2.58. The van der Waals surface area contributed by atoms with Crippen LogP contribution in [0.2, 0.25) is 0 Å². The fraction of sp³-hybridized carbons (Fsp3) is 0.429. The van der Waals surface area contributed by atoms with Gasteiger partial charge in [-0.25, -0.2) is 0 Å². The van der Waals surface area contributed by atoms with Gasteiger partial charge in [-0.3, -0.25) is 9.59 Å². The molecule has 1 unspecified atom stereocenters. The summed E-state index contributed by atoms with van der Waals surface area (Å²) in [6, 6.07) is 7.20. The highest BCUT2D eigenvalue weighted by atomic mass is 16.2. The normalized spacial score (nSPS) is 11.8. The molecule has 5 heteroatoms. The average molecular weight is 263 g/mol. The number of amides is 2. The van der Waals surface area contributed by atoms with Crippen LogP contribution in [0.15, 0.2) is 24.3 Å². The summed E-state index contributed by atoms with van der Waals surface area (Å²) in [6.07, 6.45) is 0. The van der Waals surface area contributed by atoms with E-state index in [0.717, 1.165) is 5.56 Å². The molecule has 1 atom stereocenters. The van der Waals surface area contributed by atoms with Crippen LogP contribution < -0.4 is 11.1 Å². The van der Waals surface area contributed by atoms with Crippen LogP contribution in [-0.4, -0.2) is 37.4 Å². The number of hydrogen-bond donors (Lipinski definition) is 2. The molecule has 0 aliphatic heterocycles. The zero-order valence-corrected chi connectivity index (χ0v) is 11.6. The molecular formula is C14H21N3O2. The third-order valence-corrected chi connectivity index (χ3v) is 2.87. The molecule has 1 aromatic carbocycles. The van der Waals surface area contributed by atoms with Gasteiger partial charge >= 0.3 is 0 Å². The van der Waals surface area contributed by atoms with Crippen LogP contribution in [0.5, 0.6) is 0 Å². The van der Waals surface area contributed by atoms with Crippen molar-refractivity contribution in [2.75, 3.05) is 20.6 Å². The average Bonchev–Trinajstić information content (AvgIpc) is 2.43. The quantitative estimate of drug-likeness (QED) is 0.817. The number of carbonyl (C=O) groups is 2. The molecule has 0 bridgehead atoms. The third-order valence-electron chi connectivity index (χ3n) is 2.87. The van der Waals surface area contributed by atoms with Crippen LogP contribution in [0.4, 0.5) is 0 Å². The van der Waals surface area contributed by atoms with Crippen molar-refractivity contribution >= 4 is 11.8 Å². The largest absolute Gasteiger partial charge is 0.352 e. The number of nitrogens with zero attached hydrogens (tertiary/aromatic N) is 1. The predicted molar refractivity (Wildman–Crippen MR) is 74.5 cm³/mol. The summed E-state index contributed by atoms with van der Waals surface area (Å²) in [6.45, 7) is 2.57. The van der Waals surface area contributed by atoms with E-state index in [-0.39, 0.29) is 17.7 Å². The van der Waals surface area contributed by atoms with Gasteiger partial charge in [0.25, 0.3) is 5.91 Å². The van der Waals surface area contributed by atoms with E-state index in [1.165, 1.54) is 4.90 Å². The molecule has 104 valence electrons. The molecule has 1 rings (SSSR count). The van der Waals surface area contributed by atoms with E-state index in [1.807, 2.05) is 12.1 Å². The second-order valence-corrected chi connectivity index (χ2v) is 4.75. The van der Waals surface area contributed by atoms with Crippen LogP contribution in [0.3, 0.4) is 0 Å². The first-order chi connectivity index (χ1) is 8.95. The lowest BCUT2D eigenvalue weighted by atomic mass is 10.1. The number of benzene rings is 1. The number of nitrogens with two attached hydrogens (primary N) is 1. The molecule has 0 fully saturated rings. The maximum Gasteiger partial charge on any atom is 0.253 e. The topological polar surface area (TPSA) is 75.4 Å². The van der Waals surface area contributed by atoms with Crippen LogP contribution in [0, 0.1) is 5.92 Å². The monoisotopic (exact) mass is 263 g/mol. The highest BCUT2D eigenvalue weighted by molar-refractivity contribution is 5.93. The molecule has 0 saturated carbocycles. The molecule has 0 radical (unpaired) electrons. The molecule has 5 nitrogen and oxygen atoms in total. The molecule has 0 aliphatic rings. The van der Waals surface area contributed by atoms with Crippen LogP contribution >= 0.6 is 0 Å². The third kappa shape index (κ3) is 4.37. The van der Waals surface area contributed by atoms with Crippen molar-refractivity contribution in [3.8, 4) is 0 Å². The van der Waals surface area contributed by atoms with Crippen molar-refractivity contribution in [3.63, 3.8) is 0 Å². The van der Waals surface area contributed by atoms with Gasteiger partial charge in [-0.1, -0.05) is 19.1 Å². The second-order valence-electron chi connectivity index (χ2n) is 4.75. The van der Waals surface area contributed by atoms with Crippen molar-refractivity contribution in [1.82, 2.24) is 10.2 Å². The molecule has 0 heterocycles. The van der Waals surface area contributed by atoms with E-state index in [4.69, 9.17) is 5.73 Å². The van der Waals surface area contributed by atoms with E-state index in [1.54, 1.807) is 33.2 Å². The summed E-state index contributed by atoms with van der Waals surface area (Å²) in [5, 5.41) is 2.81. The smallest absolute Gasteiger partial charge is 0.253 e. The number of hydrogen-bond acceptors (Lipinski definition) is 3. The van der Waals surface area contributed by atoms with Crippen LogP contribution in [-0.2, 0) is 11.3 Å². The van der Waals surface area contributed by atoms with Crippen LogP contribution in [0.25, 0.3) is 0 Å². The first-order valence-corrected chi connectivity index (χ1v) is 6.24. The predicted octanol–water partition coefficient (Wildman–Crippen LogP) is 0.599. The van der Waals surface area contributed by atoms with Gasteiger partial charge in [0, 0.05) is 38.7 Å². The molecule has 3 N–H and O–H groups in total. The Morgan fingerprint density at radius 2 is 1.84 bits per heavy atom. The van der Waals surface area contributed by atoms with Gasteiger partial charge in [-0.15, -0.1) is 0 Å². The SMILES string of the molecule is CC(CN)C(=O)NCc1ccc(C(=O)N(C)C)cc1. The Labute approximate surface area is 113 Å². The van der Waals surface area contributed by atoms with Gasteiger partial charge < -0.3 is 16.0 Å². The summed E-state index contributed by atoms with van der Waals surface area (Å²) in [5.41, 5.74) is 7.01. The van der Waals surface area contributed by atoms with Crippen molar-refractivity contribution < 1.29 is 9.59 Å². The lowest BCUT2D eigenvalue weighted by Crippen LogP contribution is -2.32. The molecular weight excluding hydrogens is 242 g/mol. The number of carbonyl (C=O) groups excluding carboxylic acids is 2. The van der Waals surface area contributed by atoms with E-state index in [2.05, 4.69) is 5.32 Å². The first kappa shape index (κ1) is 15.2. The molecule has 0 aromatic heterocycles. The first-order valence-electron chi connectivity index (χ1n) is 6.24. The molecule has 0 aliphatic carbocycles. The Hall–Kier alpha value is -1.88. The molecule has 1 aromatic rings. The maximum absolute atomic E-state index is 11.7. The second kappa shape index (κ2) is 6.89. The van der Waals surface area contributed by atoms with Gasteiger partial charge in [0.15, 0.2) is 0 Å². The summed E-state index contributed by atoms with van der Waals surface area (Å²) in [7, 11) is 3.43. The lowest BCUT2D eigenvalue weighted by Gasteiger charge is -2.12. The standard InChI is InChI=1S/C14H21N3O2/c1-10(8-15)13(18)16-9-11-4-6-12(7-5-11)14(19)17(2)3/h4-7,10H,8-9,15H2,1-3H3,(H,16,18). The number of rotatable bonds is 5. The highest BCUT2D eigenvalue weighted by Gasteiger charge is 2.10. The summed E-state index contributed by atoms with van der Waals surface area (Å²) in [5.74, 6) is -0.280. The summed E-state index contributed by atoms with van der Waals surface area (Å²) >= 11 is 0. The molecule has 0 saturated heterocycles. The maximum atomic E-state index is 11.7. The fourth-order valence-corrected chi connectivity index (χ4v) is 1.49. The highest BCUT2D eigenvalue weighted by Crippen LogP contribution is 2.06. The summed E-state index contributed by atoms with van der Waals surface area (Å²) in [4.78, 5) is 24.8. The van der Waals surface area contributed by atoms with Crippen molar-refractivity contribution in [1.29, 1.82) is 0 Å². The van der Waals surface area contributed by atoms with E-state index in [0.29, 0.717) is 18.7 Å². The Morgan fingerprint density at radius 1 is 1.26 bits per heavy atom. The van der Waals surface area contributed by atoms with E-state index >= 15 is 0 Å². The van der Waals surface area contributed by atoms with Gasteiger partial charge in [0.2, 0.25) is 5.91 Å². The molecule has 0 spiro atoms. The minimum absolute atomic E-state index is 0.0349. The van der Waals surface area contributed by atoms with Crippen molar-refractivity contribution in [2.45, 2.75) is 13.5 Å². The van der Waals surface area contributed by atoms with Crippen LogP contribution in [0.1, 0.15) is 22.8 Å². The molecule has 2 amide bonds. The Kier molecular flexibility index (Phi) is 5.51. The Bertz CT molecular complexity index is 441. The van der Waals surface area contributed by atoms with Gasteiger partial charge in [0.1, 0.15) is 0 Å². The van der Waals surface area contributed by atoms with E-state index in [9.17, 15) is 9.59 Å². The Morgan fingerprint density at radius 3 is 2.32 bits per heavy atom. The molecule has 19 heavy (non-hydrogen) atoms. The minimum atomic E-state index is -0.186. The van der Waals surface area contributed by atoms with Crippen molar-refractivity contribution in [3.05, 3.63) is 35.4 Å².